The lowest BCUT2D eigenvalue weighted by atomic mass is 9.86. The molecule has 0 radical (unpaired) electrons. The van der Waals surface area contributed by atoms with Crippen LogP contribution in [-0.2, 0) is 23.3 Å². The number of thioether (sulfide) groups is 1. The molecule has 7 rings (SSSR count). The maximum atomic E-state index is 13.5. The summed E-state index contributed by atoms with van der Waals surface area (Å²) in [4.78, 5) is 51.7. The van der Waals surface area contributed by atoms with E-state index in [4.69, 9.17) is 17.3 Å². The Labute approximate surface area is 218 Å². The maximum Gasteiger partial charge on any atom is 0.276 e. The van der Waals surface area contributed by atoms with Gasteiger partial charge in [0.05, 0.1) is 10.4 Å². The third kappa shape index (κ3) is 3.17. The van der Waals surface area contributed by atoms with Crippen LogP contribution < -0.4 is 21.9 Å². The van der Waals surface area contributed by atoms with Crippen molar-refractivity contribution in [2.45, 2.75) is 31.0 Å². The number of carbonyl (C=O) groups is 2. The third-order valence-electron chi connectivity index (χ3n) is 7.49. The smallest absolute Gasteiger partial charge is 0.276 e. The van der Waals surface area contributed by atoms with E-state index in [2.05, 4.69) is 20.6 Å². The minimum Gasteiger partial charge on any atom is -0.339 e. The van der Waals surface area contributed by atoms with E-state index in [0.717, 1.165) is 33.5 Å². The number of thiophene rings is 1. The Morgan fingerprint density at radius 2 is 2.08 bits per heavy atom. The number of fused-ring (bicyclic) bond motifs is 5. The van der Waals surface area contributed by atoms with Gasteiger partial charge in [0, 0.05) is 41.4 Å². The molecule has 3 aromatic rings. The van der Waals surface area contributed by atoms with Crippen molar-refractivity contribution in [2.75, 3.05) is 29.9 Å². The number of likely N-dealkylation sites (tertiary alicyclic amines) is 1. The van der Waals surface area contributed by atoms with Crippen LogP contribution in [0.1, 0.15) is 27.3 Å². The van der Waals surface area contributed by atoms with E-state index in [0.29, 0.717) is 36.8 Å². The predicted octanol–water partition coefficient (Wildman–Crippen LogP) is 1.67. The zero-order valence-corrected chi connectivity index (χ0v) is 21.4. The van der Waals surface area contributed by atoms with Crippen molar-refractivity contribution in [2.24, 2.45) is 11.7 Å². The normalized spacial score (nSPS) is 22.1. The summed E-state index contributed by atoms with van der Waals surface area (Å²) in [5.74, 6) is 1.55. The number of nitrogens with one attached hydrogen (secondary N) is 2. The lowest BCUT2D eigenvalue weighted by Crippen LogP contribution is -2.59. The van der Waals surface area contributed by atoms with E-state index < -0.39 is 5.66 Å². The van der Waals surface area contributed by atoms with Gasteiger partial charge in [-0.15, -0.1) is 11.3 Å². The molecule has 1 spiro atoms. The van der Waals surface area contributed by atoms with Gasteiger partial charge in [0.2, 0.25) is 5.91 Å². The summed E-state index contributed by atoms with van der Waals surface area (Å²) in [6.07, 6.45) is 3.62. The molecule has 0 bridgehead atoms. The predicted molar refractivity (Wildman–Crippen MR) is 139 cm³/mol. The Kier molecular flexibility index (Phi) is 4.95. The molecule has 4 N–H and O–H groups in total. The first-order chi connectivity index (χ1) is 17.3. The van der Waals surface area contributed by atoms with Crippen molar-refractivity contribution in [1.29, 1.82) is 0 Å². The van der Waals surface area contributed by atoms with Crippen LogP contribution in [0, 0.1) is 5.92 Å². The Morgan fingerprint density at radius 3 is 2.81 bits per heavy atom. The minimum atomic E-state index is -0.722. The van der Waals surface area contributed by atoms with Crippen LogP contribution in [0.4, 0.5) is 11.5 Å². The summed E-state index contributed by atoms with van der Waals surface area (Å²) in [6, 6.07) is 1.59. The number of anilines is 2. The van der Waals surface area contributed by atoms with Crippen LogP contribution in [0.15, 0.2) is 17.2 Å². The Balaban J connectivity index is 1.24. The highest BCUT2D eigenvalue weighted by Gasteiger charge is 2.50. The van der Waals surface area contributed by atoms with Crippen LogP contribution >= 0.6 is 34.7 Å². The van der Waals surface area contributed by atoms with Crippen LogP contribution in [-0.4, -0.2) is 61.9 Å². The standard InChI is InChI=1S/C23H22ClN7O3S2/c24-13-4-14(22(34)31-17(13)19(32)29-23(31)7-35-8-23)28-18-16-12-2-1-10(21(33)30-5-11(25)6-30)3-15(12)36-20(16)27-9-26-18/h4,9-11H,1-3,5-8,25H2,(H,29,32)(H,26,27,28)/t10-/m0/s1. The van der Waals surface area contributed by atoms with E-state index in [1.165, 1.54) is 17.0 Å². The molecule has 36 heavy (non-hydrogen) atoms. The molecule has 3 aliphatic heterocycles. The second-order valence-corrected chi connectivity index (χ2v) is 12.3. The molecule has 0 unspecified atom stereocenters. The van der Waals surface area contributed by atoms with Gasteiger partial charge in [0.25, 0.3) is 11.5 Å². The van der Waals surface area contributed by atoms with Gasteiger partial charge in [-0.3, -0.25) is 19.0 Å². The Bertz CT molecular complexity index is 1530. The molecule has 4 aliphatic rings. The van der Waals surface area contributed by atoms with E-state index in [1.54, 1.807) is 23.1 Å². The van der Waals surface area contributed by atoms with Crippen LogP contribution in [0.25, 0.3) is 10.2 Å². The molecule has 6 heterocycles. The van der Waals surface area contributed by atoms with Crippen LogP contribution in [0.2, 0.25) is 5.02 Å². The third-order valence-corrected chi connectivity index (χ3v) is 10.3. The number of carbonyl (C=O) groups excluding carboxylic acids is 2. The quantitative estimate of drug-likeness (QED) is 0.454. The zero-order valence-electron chi connectivity index (χ0n) is 19.0. The van der Waals surface area contributed by atoms with Gasteiger partial charge < -0.3 is 21.3 Å². The second kappa shape index (κ2) is 7.91. The molecule has 2 amide bonds. The van der Waals surface area contributed by atoms with Crippen molar-refractivity contribution >= 4 is 68.2 Å². The van der Waals surface area contributed by atoms with Gasteiger partial charge in [0.15, 0.2) is 0 Å². The Morgan fingerprint density at radius 1 is 1.28 bits per heavy atom. The maximum absolute atomic E-state index is 13.5. The van der Waals surface area contributed by atoms with Crippen molar-refractivity contribution < 1.29 is 9.59 Å². The van der Waals surface area contributed by atoms with Gasteiger partial charge in [-0.1, -0.05) is 11.6 Å². The molecule has 10 nitrogen and oxygen atoms in total. The highest BCUT2D eigenvalue weighted by Crippen LogP contribution is 2.42. The molecule has 3 aromatic heterocycles. The molecule has 1 aliphatic carbocycles. The van der Waals surface area contributed by atoms with Crippen molar-refractivity contribution in [3.8, 4) is 0 Å². The number of hydrogen-bond donors (Lipinski definition) is 3. The number of nitrogens with zero attached hydrogens (tertiary/aromatic N) is 4. The fourth-order valence-corrected chi connectivity index (χ4v) is 8.15. The molecule has 2 saturated heterocycles. The number of pyridine rings is 1. The zero-order chi connectivity index (χ0) is 24.8. The van der Waals surface area contributed by atoms with E-state index in [-0.39, 0.29) is 45.7 Å². The fourth-order valence-electron chi connectivity index (χ4n) is 5.61. The fraction of sp³-hybridized carbons (Fsp3) is 0.435. The van der Waals surface area contributed by atoms with Gasteiger partial charge in [-0.05, 0) is 30.9 Å². The van der Waals surface area contributed by atoms with Gasteiger partial charge >= 0.3 is 0 Å². The van der Waals surface area contributed by atoms with Crippen LogP contribution in [0.3, 0.4) is 0 Å². The average molecular weight is 544 g/mol. The molecular formula is C23H22ClN7O3S2. The number of aryl methyl sites for hydroxylation is 1. The highest BCUT2D eigenvalue weighted by molar-refractivity contribution is 8.00. The van der Waals surface area contributed by atoms with Crippen molar-refractivity contribution in [3.05, 3.63) is 43.9 Å². The van der Waals surface area contributed by atoms with E-state index in [9.17, 15) is 14.4 Å². The lowest BCUT2D eigenvalue weighted by molar-refractivity contribution is -0.140. The molecule has 1 atom stereocenters. The van der Waals surface area contributed by atoms with Gasteiger partial charge in [-0.25, -0.2) is 9.97 Å². The SMILES string of the molecule is NC1CN(C(=O)[C@H]2CCc3c(sc4ncnc(Nc5cc(Cl)c6n(c5=O)C5(CSC5)NC6=O)c34)C2)C1. The summed E-state index contributed by atoms with van der Waals surface area (Å²) in [5.41, 5.74) is 6.40. The van der Waals surface area contributed by atoms with E-state index in [1.807, 2.05) is 4.90 Å². The number of halogens is 1. The summed E-state index contributed by atoms with van der Waals surface area (Å²) < 4.78 is 1.50. The number of nitrogens with two attached hydrogens (primary N) is 1. The molecular weight excluding hydrogens is 522 g/mol. The first-order valence-corrected chi connectivity index (χ1v) is 14.1. The molecule has 0 saturated carbocycles. The summed E-state index contributed by atoms with van der Waals surface area (Å²) in [5, 5.41) is 7.22. The summed E-state index contributed by atoms with van der Waals surface area (Å²) in [6.45, 7) is 1.27. The van der Waals surface area contributed by atoms with Crippen molar-refractivity contribution in [1.82, 2.24) is 24.8 Å². The average Bonchev–Trinajstić information content (AvgIpc) is 3.35. The second-order valence-electron chi connectivity index (χ2n) is 9.85. The molecule has 13 heteroatoms. The molecule has 2 fully saturated rings. The van der Waals surface area contributed by atoms with Crippen molar-refractivity contribution in [3.63, 3.8) is 0 Å². The first-order valence-electron chi connectivity index (χ1n) is 11.8. The van der Waals surface area contributed by atoms with Crippen LogP contribution in [0.5, 0.6) is 0 Å². The first kappa shape index (κ1) is 22.5. The largest absolute Gasteiger partial charge is 0.339 e. The minimum absolute atomic E-state index is 0.0517. The number of hydrogen-bond acceptors (Lipinski definition) is 9. The number of rotatable bonds is 3. The molecule has 186 valence electrons. The highest BCUT2D eigenvalue weighted by atomic mass is 35.5. The monoisotopic (exact) mass is 543 g/mol. The Hall–Kier alpha value is -2.67. The van der Waals surface area contributed by atoms with Gasteiger partial charge in [-0.2, -0.15) is 11.8 Å². The summed E-state index contributed by atoms with van der Waals surface area (Å²) in [7, 11) is 0. The molecule has 0 aromatic carbocycles. The number of amides is 2. The number of aromatic nitrogens is 3. The lowest BCUT2D eigenvalue weighted by Gasteiger charge is -2.39. The summed E-state index contributed by atoms with van der Waals surface area (Å²) >= 11 is 9.71. The topological polar surface area (TPSA) is 135 Å². The van der Waals surface area contributed by atoms with E-state index >= 15 is 0 Å². The van der Waals surface area contributed by atoms with Gasteiger partial charge in [0.1, 0.15) is 34.0 Å².